The van der Waals surface area contributed by atoms with E-state index in [4.69, 9.17) is 4.52 Å². The van der Waals surface area contributed by atoms with E-state index in [9.17, 15) is 0 Å². The van der Waals surface area contributed by atoms with E-state index >= 15 is 0 Å². The second kappa shape index (κ2) is 3.15. The van der Waals surface area contributed by atoms with Crippen LogP contribution in [0.5, 0.6) is 0 Å². The monoisotopic (exact) mass is 234 g/mol. The molecule has 2 heterocycles. The molecule has 0 aromatic carbocycles. The normalized spacial score (nSPS) is 24.3. The van der Waals surface area contributed by atoms with Gasteiger partial charge in [-0.15, -0.1) is 0 Å². The smallest absolute Gasteiger partial charge is 0.238 e. The van der Waals surface area contributed by atoms with Crippen molar-refractivity contribution < 1.29 is 4.52 Å². The Morgan fingerprint density at radius 1 is 1.64 bits per heavy atom. The largest absolute Gasteiger partial charge is 0.338 e. The summed E-state index contributed by atoms with van der Waals surface area (Å²) in [6, 6.07) is 0. The number of thioether (sulfide) groups is 1. The summed E-state index contributed by atoms with van der Waals surface area (Å²) in [7, 11) is 0. The lowest BCUT2D eigenvalue weighted by atomic mass is 10.1. The van der Waals surface area contributed by atoms with Gasteiger partial charge in [0.1, 0.15) is 0 Å². The predicted octanol–water partition coefficient (Wildman–Crippen LogP) is 2.05. The molecule has 5 heteroatoms. The van der Waals surface area contributed by atoms with E-state index in [2.05, 4.69) is 26.1 Å². The molecule has 0 saturated carbocycles. The Bertz CT molecular complexity index is 246. The van der Waals surface area contributed by atoms with Crippen molar-refractivity contribution in [2.45, 2.75) is 12.3 Å². The molecule has 1 fully saturated rings. The van der Waals surface area contributed by atoms with Gasteiger partial charge in [0.25, 0.3) is 0 Å². The van der Waals surface area contributed by atoms with Gasteiger partial charge in [0.15, 0.2) is 0 Å². The van der Waals surface area contributed by atoms with Crippen molar-refractivity contribution in [3.63, 3.8) is 0 Å². The van der Waals surface area contributed by atoms with Crippen molar-refractivity contribution in [2.24, 2.45) is 0 Å². The van der Waals surface area contributed by atoms with Gasteiger partial charge in [-0.2, -0.15) is 16.7 Å². The zero-order valence-electron chi connectivity index (χ0n) is 5.79. The molecule has 0 amide bonds. The third-order valence-corrected chi connectivity index (χ3v) is 3.18. The average molecular weight is 235 g/mol. The van der Waals surface area contributed by atoms with Crippen LogP contribution in [0, 0.1) is 0 Å². The molecule has 60 valence electrons. The van der Waals surface area contributed by atoms with Gasteiger partial charge in [0.2, 0.25) is 10.6 Å². The summed E-state index contributed by atoms with van der Waals surface area (Å²) >= 11 is 5.10. The first kappa shape index (κ1) is 7.61. The fourth-order valence-electron chi connectivity index (χ4n) is 1.11. The van der Waals surface area contributed by atoms with E-state index in [0.717, 1.165) is 11.6 Å². The number of nitrogens with zero attached hydrogens (tertiary/aromatic N) is 2. The van der Waals surface area contributed by atoms with Crippen LogP contribution in [0.1, 0.15) is 18.2 Å². The van der Waals surface area contributed by atoms with Crippen LogP contribution in [0.2, 0.25) is 0 Å². The fourth-order valence-corrected chi connectivity index (χ4v) is 2.57. The van der Waals surface area contributed by atoms with Crippen LogP contribution in [-0.2, 0) is 0 Å². The van der Waals surface area contributed by atoms with E-state index < -0.39 is 0 Å². The minimum atomic E-state index is 0.485. The third-order valence-electron chi connectivity index (χ3n) is 1.70. The number of hydrogen-bond donors (Lipinski definition) is 0. The van der Waals surface area contributed by atoms with Gasteiger partial charge in [-0.3, -0.25) is 0 Å². The van der Waals surface area contributed by atoms with Gasteiger partial charge in [0, 0.05) is 11.7 Å². The topological polar surface area (TPSA) is 38.9 Å². The quantitative estimate of drug-likeness (QED) is 0.746. The zero-order chi connectivity index (χ0) is 7.68. The van der Waals surface area contributed by atoms with E-state index in [0.29, 0.717) is 10.7 Å². The molecule has 0 aliphatic carbocycles. The maximum atomic E-state index is 5.03. The molecule has 11 heavy (non-hydrogen) atoms. The van der Waals surface area contributed by atoms with Crippen LogP contribution in [0.15, 0.2) is 9.26 Å². The summed E-state index contributed by atoms with van der Waals surface area (Å²) in [4.78, 5) is 4.12. The summed E-state index contributed by atoms with van der Waals surface area (Å²) in [5, 5.41) is 3.68. The van der Waals surface area contributed by atoms with Crippen LogP contribution in [0.25, 0.3) is 0 Å². The second-order valence-corrected chi connectivity index (χ2v) is 4.32. The Morgan fingerprint density at radius 3 is 3.09 bits per heavy atom. The molecule has 0 bridgehead atoms. The fraction of sp³-hybridized carbons (Fsp3) is 0.667. The van der Waals surface area contributed by atoms with Gasteiger partial charge in [-0.25, -0.2) is 0 Å². The Morgan fingerprint density at radius 2 is 2.55 bits per heavy atom. The molecule has 2 rings (SSSR count). The molecule has 1 aliphatic heterocycles. The lowest BCUT2D eigenvalue weighted by Crippen LogP contribution is -1.95. The van der Waals surface area contributed by atoms with Crippen molar-refractivity contribution in [2.75, 3.05) is 11.5 Å². The third kappa shape index (κ3) is 1.59. The summed E-state index contributed by atoms with van der Waals surface area (Å²) in [6.07, 6.45) is 1.17. The summed E-state index contributed by atoms with van der Waals surface area (Å²) in [5.41, 5.74) is 0. The maximum absolute atomic E-state index is 5.03. The molecule has 0 radical (unpaired) electrons. The molecule has 3 nitrogen and oxygen atoms in total. The highest BCUT2D eigenvalue weighted by atomic mass is 79.9. The van der Waals surface area contributed by atoms with E-state index in [1.54, 1.807) is 0 Å². The Labute approximate surface area is 77.1 Å². The van der Waals surface area contributed by atoms with Crippen LogP contribution < -0.4 is 0 Å². The summed E-state index contributed by atoms with van der Waals surface area (Å²) in [6.45, 7) is 0. The molecule has 1 saturated heterocycles. The standard InChI is InChI=1S/C6H7BrN2OS/c7-6-8-5(10-9-6)4-1-2-11-3-4/h4H,1-3H2. The average Bonchev–Trinajstić information content (AvgIpc) is 2.55. The zero-order valence-corrected chi connectivity index (χ0v) is 8.19. The maximum Gasteiger partial charge on any atom is 0.238 e. The van der Waals surface area contributed by atoms with Gasteiger partial charge in [0.05, 0.1) is 0 Å². The first-order valence-electron chi connectivity index (χ1n) is 3.43. The van der Waals surface area contributed by atoms with Crippen LogP contribution >= 0.6 is 27.7 Å². The molecular weight excluding hydrogens is 228 g/mol. The SMILES string of the molecule is Brc1noc(C2CCSC2)n1. The van der Waals surface area contributed by atoms with Crippen molar-refractivity contribution in [1.82, 2.24) is 10.1 Å². The van der Waals surface area contributed by atoms with Crippen LogP contribution in [0.3, 0.4) is 0 Å². The van der Waals surface area contributed by atoms with Crippen molar-refractivity contribution in [3.05, 3.63) is 10.6 Å². The predicted molar refractivity (Wildman–Crippen MR) is 46.7 cm³/mol. The highest BCUT2D eigenvalue weighted by molar-refractivity contribution is 9.10. The van der Waals surface area contributed by atoms with Gasteiger partial charge >= 0.3 is 0 Å². The van der Waals surface area contributed by atoms with Crippen molar-refractivity contribution >= 4 is 27.7 Å². The first-order valence-corrected chi connectivity index (χ1v) is 5.38. The Kier molecular flexibility index (Phi) is 2.18. The van der Waals surface area contributed by atoms with Gasteiger partial charge in [-0.05, 0) is 33.3 Å². The highest BCUT2D eigenvalue weighted by Crippen LogP contribution is 2.31. The lowest BCUT2D eigenvalue weighted by Gasteiger charge is -1.97. The molecule has 1 aliphatic rings. The minimum absolute atomic E-state index is 0.485. The molecule has 1 aromatic heterocycles. The first-order chi connectivity index (χ1) is 5.36. The van der Waals surface area contributed by atoms with Gasteiger partial charge < -0.3 is 4.52 Å². The van der Waals surface area contributed by atoms with E-state index in [-0.39, 0.29) is 0 Å². The number of halogens is 1. The number of aromatic nitrogens is 2. The Hall–Kier alpha value is -0.0300. The number of rotatable bonds is 1. The van der Waals surface area contributed by atoms with Crippen LogP contribution in [-0.4, -0.2) is 21.6 Å². The Balaban J connectivity index is 2.15. The molecule has 0 spiro atoms. The van der Waals surface area contributed by atoms with Crippen LogP contribution in [0.4, 0.5) is 0 Å². The number of hydrogen-bond acceptors (Lipinski definition) is 4. The minimum Gasteiger partial charge on any atom is -0.338 e. The molecular formula is C6H7BrN2OS. The lowest BCUT2D eigenvalue weighted by molar-refractivity contribution is 0.358. The second-order valence-electron chi connectivity index (χ2n) is 2.46. The summed E-state index contributed by atoms with van der Waals surface area (Å²) < 4.78 is 5.59. The molecule has 1 unspecified atom stereocenters. The summed E-state index contributed by atoms with van der Waals surface area (Å²) in [5.74, 6) is 3.60. The van der Waals surface area contributed by atoms with E-state index in [1.807, 2.05) is 11.8 Å². The van der Waals surface area contributed by atoms with Crippen molar-refractivity contribution in [3.8, 4) is 0 Å². The van der Waals surface area contributed by atoms with Crippen molar-refractivity contribution in [1.29, 1.82) is 0 Å². The molecule has 0 N–H and O–H groups in total. The van der Waals surface area contributed by atoms with Gasteiger partial charge in [-0.1, -0.05) is 0 Å². The molecule has 1 aromatic rings. The highest BCUT2D eigenvalue weighted by Gasteiger charge is 2.22. The van der Waals surface area contributed by atoms with E-state index in [1.165, 1.54) is 12.2 Å². The molecule has 1 atom stereocenters.